The first-order valence-electron chi connectivity index (χ1n) is 11.0. The third kappa shape index (κ3) is 5.88. The Labute approximate surface area is 186 Å². The average Bonchev–Trinajstić information content (AvgIpc) is 2.80. The number of non-ortho nitro benzene ring substituents is 1. The van der Waals surface area contributed by atoms with E-state index in [2.05, 4.69) is 15.5 Å². The number of rotatable bonds is 7. The van der Waals surface area contributed by atoms with Crippen molar-refractivity contribution in [1.29, 1.82) is 0 Å². The molecule has 1 fully saturated rings. The zero-order valence-corrected chi connectivity index (χ0v) is 17.9. The highest BCUT2D eigenvalue weighted by molar-refractivity contribution is 5.89. The molecule has 2 amide bonds. The Bertz CT molecular complexity index is 928. The van der Waals surface area contributed by atoms with Crippen LogP contribution in [-0.4, -0.2) is 54.7 Å². The number of benzene rings is 2. The normalized spacial score (nSPS) is 18.7. The van der Waals surface area contributed by atoms with Gasteiger partial charge >= 0.3 is 6.03 Å². The number of carbonyl (C=O) groups is 1. The molecule has 2 N–H and O–H groups in total. The summed E-state index contributed by atoms with van der Waals surface area (Å²) in [6.07, 6.45) is 3.16. The van der Waals surface area contributed by atoms with Crippen LogP contribution in [-0.2, 0) is 0 Å². The molecule has 4 rings (SSSR count). The van der Waals surface area contributed by atoms with Gasteiger partial charge in [-0.3, -0.25) is 15.0 Å². The van der Waals surface area contributed by atoms with Crippen molar-refractivity contribution in [2.24, 2.45) is 5.92 Å². The van der Waals surface area contributed by atoms with Gasteiger partial charge in [-0.05, 0) is 62.5 Å². The number of urea groups is 1. The molecule has 170 valence electrons. The van der Waals surface area contributed by atoms with E-state index in [4.69, 9.17) is 9.47 Å². The average molecular weight is 441 g/mol. The highest BCUT2D eigenvalue weighted by Gasteiger charge is 2.26. The van der Waals surface area contributed by atoms with E-state index in [9.17, 15) is 14.9 Å². The summed E-state index contributed by atoms with van der Waals surface area (Å²) in [7, 11) is 0. The largest absolute Gasteiger partial charge is 0.486 e. The fraction of sp³-hybridized carbons (Fsp3) is 0.435. The molecule has 2 heterocycles. The maximum Gasteiger partial charge on any atom is 0.319 e. The van der Waals surface area contributed by atoms with Gasteiger partial charge in [-0.25, -0.2) is 4.79 Å². The van der Waals surface area contributed by atoms with Crippen LogP contribution in [0.25, 0.3) is 0 Å². The van der Waals surface area contributed by atoms with E-state index in [0.29, 0.717) is 24.8 Å². The number of nitrogens with zero attached hydrogens (tertiary/aromatic N) is 2. The quantitative estimate of drug-likeness (QED) is 0.503. The molecular formula is C23H28N4O5. The standard InChI is InChI=1S/C23H28N4O5/c28-23(25-18-5-7-19(8-6-18)27(29)30)24-12-9-17-10-13-26(14-11-17)15-20-16-31-21-3-1-2-4-22(21)32-20/h1-8,17,20H,9-16H2,(H2,24,25,28). The molecule has 0 radical (unpaired) electrons. The second-order valence-corrected chi connectivity index (χ2v) is 8.22. The molecule has 2 aliphatic heterocycles. The summed E-state index contributed by atoms with van der Waals surface area (Å²) in [5, 5.41) is 16.2. The summed E-state index contributed by atoms with van der Waals surface area (Å²) in [6, 6.07) is 13.2. The summed E-state index contributed by atoms with van der Waals surface area (Å²) >= 11 is 0. The first-order chi connectivity index (χ1) is 15.6. The molecule has 1 unspecified atom stereocenters. The van der Waals surface area contributed by atoms with Crippen molar-refractivity contribution >= 4 is 17.4 Å². The van der Waals surface area contributed by atoms with E-state index in [1.807, 2.05) is 24.3 Å². The molecule has 32 heavy (non-hydrogen) atoms. The Hall–Kier alpha value is -3.33. The van der Waals surface area contributed by atoms with Crippen molar-refractivity contribution in [3.63, 3.8) is 0 Å². The molecule has 1 saturated heterocycles. The van der Waals surface area contributed by atoms with Gasteiger partial charge in [-0.15, -0.1) is 0 Å². The molecule has 0 saturated carbocycles. The Morgan fingerprint density at radius 3 is 2.53 bits per heavy atom. The lowest BCUT2D eigenvalue weighted by atomic mass is 9.93. The summed E-state index contributed by atoms with van der Waals surface area (Å²) in [5.41, 5.74) is 0.521. The van der Waals surface area contributed by atoms with Crippen LogP contribution in [0.2, 0.25) is 0 Å². The van der Waals surface area contributed by atoms with Crippen molar-refractivity contribution in [1.82, 2.24) is 10.2 Å². The van der Waals surface area contributed by atoms with Crippen LogP contribution < -0.4 is 20.1 Å². The number of nitro groups is 1. The third-order valence-corrected chi connectivity index (χ3v) is 5.91. The zero-order chi connectivity index (χ0) is 22.3. The van der Waals surface area contributed by atoms with Crippen molar-refractivity contribution < 1.29 is 19.2 Å². The van der Waals surface area contributed by atoms with E-state index in [1.165, 1.54) is 24.3 Å². The van der Waals surface area contributed by atoms with Crippen LogP contribution >= 0.6 is 0 Å². The number of hydrogen-bond acceptors (Lipinski definition) is 6. The SMILES string of the molecule is O=C(NCCC1CCN(CC2COc3ccccc3O2)CC1)Nc1ccc([N+](=O)[O-])cc1. The smallest absolute Gasteiger partial charge is 0.319 e. The third-order valence-electron chi connectivity index (χ3n) is 5.91. The molecule has 0 bridgehead atoms. The van der Waals surface area contributed by atoms with Crippen molar-refractivity contribution in [2.75, 3.05) is 38.1 Å². The number of ether oxygens (including phenoxy) is 2. The van der Waals surface area contributed by atoms with E-state index < -0.39 is 4.92 Å². The number of anilines is 1. The number of hydrogen-bond donors (Lipinski definition) is 2. The summed E-state index contributed by atoms with van der Waals surface area (Å²) < 4.78 is 11.9. The monoisotopic (exact) mass is 440 g/mol. The van der Waals surface area contributed by atoms with Gasteiger partial charge in [-0.1, -0.05) is 12.1 Å². The number of carbonyl (C=O) groups excluding carboxylic acids is 1. The fourth-order valence-electron chi connectivity index (χ4n) is 4.13. The van der Waals surface area contributed by atoms with Gasteiger partial charge in [0.25, 0.3) is 5.69 Å². The number of para-hydroxylation sites is 2. The molecular weight excluding hydrogens is 412 g/mol. The molecule has 0 aliphatic carbocycles. The predicted molar refractivity (Wildman–Crippen MR) is 120 cm³/mol. The van der Waals surface area contributed by atoms with Gasteiger partial charge in [0.15, 0.2) is 11.5 Å². The van der Waals surface area contributed by atoms with Crippen LogP contribution in [0.1, 0.15) is 19.3 Å². The van der Waals surface area contributed by atoms with E-state index in [-0.39, 0.29) is 17.8 Å². The highest BCUT2D eigenvalue weighted by atomic mass is 16.6. The van der Waals surface area contributed by atoms with E-state index in [1.54, 1.807) is 0 Å². The number of fused-ring (bicyclic) bond motifs is 1. The van der Waals surface area contributed by atoms with E-state index in [0.717, 1.165) is 50.4 Å². The maximum atomic E-state index is 12.0. The minimum Gasteiger partial charge on any atom is -0.486 e. The molecule has 9 heteroatoms. The minimum absolute atomic E-state index is 0.00492. The molecule has 2 aromatic rings. The summed E-state index contributed by atoms with van der Waals surface area (Å²) in [4.78, 5) is 24.7. The Morgan fingerprint density at radius 2 is 1.81 bits per heavy atom. The first-order valence-corrected chi connectivity index (χ1v) is 11.0. The van der Waals surface area contributed by atoms with Crippen LogP contribution in [0, 0.1) is 16.0 Å². The highest BCUT2D eigenvalue weighted by Crippen LogP contribution is 2.31. The van der Waals surface area contributed by atoms with Gasteiger partial charge in [0.05, 0.1) is 4.92 Å². The van der Waals surface area contributed by atoms with Gasteiger partial charge in [0.1, 0.15) is 12.7 Å². The molecule has 2 aromatic carbocycles. The summed E-state index contributed by atoms with van der Waals surface area (Å²) in [6.45, 7) is 4.06. The molecule has 2 aliphatic rings. The van der Waals surface area contributed by atoms with Crippen molar-refractivity contribution in [3.8, 4) is 11.5 Å². The van der Waals surface area contributed by atoms with Crippen LogP contribution in [0.15, 0.2) is 48.5 Å². The number of amides is 2. The molecule has 0 aromatic heterocycles. The van der Waals surface area contributed by atoms with Crippen molar-refractivity contribution in [2.45, 2.75) is 25.4 Å². The second kappa shape index (κ2) is 10.3. The Morgan fingerprint density at radius 1 is 1.09 bits per heavy atom. The lowest BCUT2D eigenvalue weighted by Crippen LogP contribution is -2.44. The fourth-order valence-corrected chi connectivity index (χ4v) is 4.13. The number of nitro benzene ring substituents is 1. The summed E-state index contributed by atoms with van der Waals surface area (Å²) in [5.74, 6) is 2.21. The Kier molecular flexibility index (Phi) is 7.06. The zero-order valence-electron chi connectivity index (χ0n) is 17.9. The number of likely N-dealkylation sites (tertiary alicyclic amines) is 1. The van der Waals surface area contributed by atoms with Crippen molar-refractivity contribution in [3.05, 3.63) is 58.6 Å². The number of nitrogens with one attached hydrogen (secondary N) is 2. The molecule has 0 spiro atoms. The lowest BCUT2D eigenvalue weighted by Gasteiger charge is -2.35. The van der Waals surface area contributed by atoms with Gasteiger partial charge < -0.3 is 20.1 Å². The van der Waals surface area contributed by atoms with Gasteiger partial charge in [-0.2, -0.15) is 0 Å². The van der Waals surface area contributed by atoms with Crippen LogP contribution in [0.3, 0.4) is 0 Å². The minimum atomic E-state index is -0.468. The Balaban J connectivity index is 1.11. The van der Waals surface area contributed by atoms with Crippen LogP contribution in [0.5, 0.6) is 11.5 Å². The van der Waals surface area contributed by atoms with Gasteiger partial charge in [0.2, 0.25) is 0 Å². The number of piperidine rings is 1. The molecule has 1 atom stereocenters. The van der Waals surface area contributed by atoms with Crippen LogP contribution in [0.4, 0.5) is 16.2 Å². The molecule has 9 nitrogen and oxygen atoms in total. The first kappa shape index (κ1) is 21.9. The second-order valence-electron chi connectivity index (χ2n) is 8.22. The predicted octanol–water partition coefficient (Wildman–Crippen LogP) is 3.66. The topological polar surface area (TPSA) is 106 Å². The van der Waals surface area contributed by atoms with Gasteiger partial charge in [0, 0.05) is 30.9 Å². The lowest BCUT2D eigenvalue weighted by molar-refractivity contribution is -0.384. The maximum absolute atomic E-state index is 12.0. The van der Waals surface area contributed by atoms with E-state index >= 15 is 0 Å².